The van der Waals surface area contributed by atoms with Gasteiger partial charge in [0.15, 0.2) is 11.5 Å². The first-order valence-corrected chi connectivity index (χ1v) is 7.52. The zero-order valence-electron chi connectivity index (χ0n) is 13.1. The molecule has 2 rings (SSSR count). The highest BCUT2D eigenvalue weighted by molar-refractivity contribution is 5.84. The number of aromatic amines is 1. The Balaban J connectivity index is 1.66. The Kier molecular flexibility index (Phi) is 5.84. The number of ketones is 1. The molecule has 0 aliphatic carbocycles. The number of amides is 1. The van der Waals surface area contributed by atoms with E-state index in [1.54, 1.807) is 7.05 Å². The predicted molar refractivity (Wildman–Crippen MR) is 86.7 cm³/mol. The van der Waals surface area contributed by atoms with Gasteiger partial charge in [-0.15, -0.1) is 0 Å². The number of carbonyl (C=O) groups is 2. The van der Waals surface area contributed by atoms with Crippen molar-refractivity contribution >= 4 is 34.6 Å². The number of nitrogens with one attached hydrogen (secondary N) is 3. The number of anilines is 2. The quantitative estimate of drug-likeness (QED) is 0.497. The van der Waals surface area contributed by atoms with Crippen LogP contribution in [0.2, 0.25) is 0 Å². The lowest BCUT2D eigenvalue weighted by Crippen LogP contribution is -2.18. The Labute approximate surface area is 133 Å². The van der Waals surface area contributed by atoms with Crippen molar-refractivity contribution in [1.82, 2.24) is 25.3 Å². The number of imidazole rings is 1. The van der Waals surface area contributed by atoms with Gasteiger partial charge in [-0.25, -0.2) is 9.97 Å². The van der Waals surface area contributed by atoms with E-state index in [4.69, 9.17) is 5.73 Å². The maximum atomic E-state index is 11.6. The molecule has 0 saturated heterocycles. The lowest BCUT2D eigenvalue weighted by molar-refractivity contribution is -0.125. The fourth-order valence-electron chi connectivity index (χ4n) is 2.09. The number of nitrogen functional groups attached to an aromatic ring is 1. The molecule has 0 spiro atoms. The van der Waals surface area contributed by atoms with Crippen molar-refractivity contribution in [3.05, 3.63) is 6.33 Å². The maximum Gasteiger partial charge on any atom is 0.220 e. The molecule has 9 nitrogen and oxygen atoms in total. The van der Waals surface area contributed by atoms with Crippen LogP contribution < -0.4 is 16.4 Å². The monoisotopic (exact) mass is 319 g/mol. The summed E-state index contributed by atoms with van der Waals surface area (Å²) in [5, 5.41) is 5.63. The Hall–Kier alpha value is -2.71. The molecule has 5 N–H and O–H groups in total. The summed E-state index contributed by atoms with van der Waals surface area (Å²) in [5.41, 5.74) is 6.85. The number of fused-ring (bicyclic) bond motifs is 1. The molecule has 0 radical (unpaired) electrons. The van der Waals surface area contributed by atoms with E-state index in [1.165, 1.54) is 6.33 Å². The van der Waals surface area contributed by atoms with E-state index in [0.717, 1.165) is 12.8 Å². The Morgan fingerprint density at radius 2 is 2.04 bits per heavy atom. The van der Waals surface area contributed by atoms with Crippen LogP contribution in [0.5, 0.6) is 0 Å². The fraction of sp³-hybridized carbons (Fsp3) is 0.500. The Bertz CT molecular complexity index is 683. The zero-order valence-corrected chi connectivity index (χ0v) is 13.1. The van der Waals surface area contributed by atoms with Gasteiger partial charge >= 0.3 is 0 Å². The average molecular weight is 319 g/mol. The molecular weight excluding hydrogens is 298 g/mol. The van der Waals surface area contributed by atoms with Crippen LogP contribution in [0.1, 0.15) is 32.1 Å². The fourth-order valence-corrected chi connectivity index (χ4v) is 2.09. The molecule has 0 aliphatic rings. The summed E-state index contributed by atoms with van der Waals surface area (Å²) in [6.45, 7) is 0.676. The molecule has 0 aromatic carbocycles. The third-order valence-electron chi connectivity index (χ3n) is 3.40. The summed E-state index contributed by atoms with van der Waals surface area (Å²) in [5.74, 6) is 0.947. The topological polar surface area (TPSA) is 139 Å². The van der Waals surface area contributed by atoms with Crippen LogP contribution in [0.25, 0.3) is 11.2 Å². The molecule has 2 aromatic rings. The number of carbonyl (C=O) groups excluding carboxylic acids is 2. The highest BCUT2D eigenvalue weighted by atomic mass is 16.2. The van der Waals surface area contributed by atoms with E-state index in [-0.39, 0.29) is 18.1 Å². The van der Waals surface area contributed by atoms with Gasteiger partial charge in [-0.1, -0.05) is 0 Å². The summed E-state index contributed by atoms with van der Waals surface area (Å²) in [7, 11) is 1.57. The van der Waals surface area contributed by atoms with Gasteiger partial charge in [0.2, 0.25) is 11.9 Å². The number of unbranched alkanes of at least 4 members (excludes halogenated alkanes) is 1. The first-order chi connectivity index (χ1) is 11.1. The van der Waals surface area contributed by atoms with E-state index >= 15 is 0 Å². The molecule has 124 valence electrons. The lowest BCUT2D eigenvalue weighted by Gasteiger charge is -2.03. The third kappa shape index (κ3) is 4.90. The van der Waals surface area contributed by atoms with E-state index in [0.29, 0.717) is 42.3 Å². The van der Waals surface area contributed by atoms with Gasteiger partial charge in [0.05, 0.1) is 0 Å². The van der Waals surface area contributed by atoms with Gasteiger partial charge in [-0.2, -0.15) is 4.98 Å². The van der Waals surface area contributed by atoms with Crippen LogP contribution in [0.15, 0.2) is 6.33 Å². The largest absolute Gasteiger partial charge is 0.382 e. The molecule has 0 fully saturated rings. The second kappa shape index (κ2) is 8.06. The number of H-pyrrole nitrogens is 1. The normalized spacial score (nSPS) is 10.7. The molecule has 9 heteroatoms. The van der Waals surface area contributed by atoms with Crippen LogP contribution in [0.4, 0.5) is 11.8 Å². The first-order valence-electron chi connectivity index (χ1n) is 7.52. The third-order valence-corrected chi connectivity index (χ3v) is 3.40. The van der Waals surface area contributed by atoms with Crippen molar-refractivity contribution in [3.63, 3.8) is 0 Å². The van der Waals surface area contributed by atoms with Crippen molar-refractivity contribution in [2.45, 2.75) is 32.1 Å². The first kappa shape index (κ1) is 16.7. The number of aromatic nitrogens is 4. The number of hydrogen-bond acceptors (Lipinski definition) is 7. The van der Waals surface area contributed by atoms with Crippen LogP contribution in [0, 0.1) is 0 Å². The van der Waals surface area contributed by atoms with Crippen molar-refractivity contribution in [2.24, 2.45) is 0 Å². The van der Waals surface area contributed by atoms with E-state index < -0.39 is 0 Å². The molecule has 2 aromatic heterocycles. The second-order valence-electron chi connectivity index (χ2n) is 5.14. The molecule has 0 saturated carbocycles. The summed E-state index contributed by atoms with van der Waals surface area (Å²) in [4.78, 5) is 37.8. The van der Waals surface area contributed by atoms with Gasteiger partial charge in [-0.3, -0.25) is 9.59 Å². The molecule has 23 heavy (non-hydrogen) atoms. The van der Waals surface area contributed by atoms with Gasteiger partial charge in [0, 0.05) is 32.9 Å². The highest BCUT2D eigenvalue weighted by Gasteiger charge is 2.07. The second-order valence-corrected chi connectivity index (χ2v) is 5.14. The van der Waals surface area contributed by atoms with E-state index in [2.05, 4.69) is 30.6 Å². The van der Waals surface area contributed by atoms with Gasteiger partial charge in [0.1, 0.15) is 17.6 Å². The van der Waals surface area contributed by atoms with Crippen LogP contribution in [-0.4, -0.2) is 45.2 Å². The molecule has 0 atom stereocenters. The predicted octanol–water partition coefficient (Wildman–Crippen LogP) is 0.613. The molecule has 0 aliphatic heterocycles. The zero-order chi connectivity index (χ0) is 16.7. The Morgan fingerprint density at radius 1 is 1.22 bits per heavy atom. The summed E-state index contributed by atoms with van der Waals surface area (Å²) >= 11 is 0. The minimum atomic E-state index is -0.104. The number of rotatable bonds is 9. The maximum absolute atomic E-state index is 11.6. The van der Waals surface area contributed by atoms with Crippen LogP contribution >= 0.6 is 0 Å². The highest BCUT2D eigenvalue weighted by Crippen LogP contribution is 2.15. The standard InChI is InChI=1S/C14H21N7O2/c1-16-10(23)6-5-9(22)4-2-3-7-17-14-20-11-12(15)18-8-19-13(11)21-14/h8H,2-7H2,1H3,(H,16,23)(H4,15,17,18,19,20,21). The molecular formula is C14H21N7O2. The molecule has 1 amide bonds. The SMILES string of the molecule is CNC(=O)CCC(=O)CCCCNc1nc2ncnc(N)c2[nH]1. The van der Waals surface area contributed by atoms with Crippen molar-refractivity contribution < 1.29 is 9.59 Å². The molecule has 2 heterocycles. The lowest BCUT2D eigenvalue weighted by atomic mass is 10.1. The van der Waals surface area contributed by atoms with Crippen LogP contribution in [-0.2, 0) is 9.59 Å². The molecule has 0 bridgehead atoms. The summed E-state index contributed by atoms with van der Waals surface area (Å²) < 4.78 is 0. The Morgan fingerprint density at radius 3 is 2.78 bits per heavy atom. The van der Waals surface area contributed by atoms with Crippen molar-refractivity contribution in [2.75, 3.05) is 24.6 Å². The minimum absolute atomic E-state index is 0.104. The van der Waals surface area contributed by atoms with E-state index in [9.17, 15) is 9.59 Å². The van der Waals surface area contributed by atoms with Crippen molar-refractivity contribution in [3.8, 4) is 0 Å². The van der Waals surface area contributed by atoms with Gasteiger partial charge < -0.3 is 21.4 Å². The average Bonchev–Trinajstić information content (AvgIpc) is 2.96. The minimum Gasteiger partial charge on any atom is -0.382 e. The van der Waals surface area contributed by atoms with Gasteiger partial charge in [-0.05, 0) is 12.8 Å². The van der Waals surface area contributed by atoms with E-state index in [1.807, 2.05) is 0 Å². The summed E-state index contributed by atoms with van der Waals surface area (Å²) in [6.07, 6.45) is 4.00. The number of Topliss-reactive ketones (excluding diaryl/α,β-unsaturated/α-hetero) is 1. The number of nitrogens with two attached hydrogens (primary N) is 1. The number of hydrogen-bond donors (Lipinski definition) is 4. The van der Waals surface area contributed by atoms with Gasteiger partial charge in [0.25, 0.3) is 0 Å². The number of nitrogens with zero attached hydrogens (tertiary/aromatic N) is 3. The smallest absolute Gasteiger partial charge is 0.220 e. The molecule has 0 unspecified atom stereocenters. The summed E-state index contributed by atoms with van der Waals surface area (Å²) in [6, 6.07) is 0. The van der Waals surface area contributed by atoms with Crippen LogP contribution in [0.3, 0.4) is 0 Å². The van der Waals surface area contributed by atoms with Crippen molar-refractivity contribution in [1.29, 1.82) is 0 Å².